The van der Waals surface area contributed by atoms with E-state index >= 15 is 0 Å². The maximum atomic E-state index is 11.9. The van der Waals surface area contributed by atoms with Gasteiger partial charge in [0, 0.05) is 0 Å². The van der Waals surface area contributed by atoms with E-state index in [0.29, 0.717) is 0 Å². The number of aliphatic hydroxyl groups is 2. The topological polar surface area (TPSA) is 149 Å². The molecule has 0 radical (unpaired) electrons. The third-order valence-electron chi connectivity index (χ3n) is 4.86. The number of nitrogens with two attached hydrogens (primary N) is 1. The minimum Gasteiger partial charge on any atom is -0.387 e. The number of aromatic amines is 1. The molecular formula is C15H21N5O5. The first-order valence-corrected chi connectivity index (χ1v) is 8.40. The van der Waals surface area contributed by atoms with Crippen molar-refractivity contribution < 1.29 is 19.7 Å². The zero-order valence-electron chi connectivity index (χ0n) is 13.5. The number of anilines is 1. The van der Waals surface area contributed by atoms with E-state index < -0.39 is 30.1 Å². The van der Waals surface area contributed by atoms with Crippen molar-refractivity contribution in [3.8, 4) is 0 Å². The Morgan fingerprint density at radius 3 is 2.88 bits per heavy atom. The van der Waals surface area contributed by atoms with E-state index in [0.717, 1.165) is 25.7 Å². The van der Waals surface area contributed by atoms with E-state index in [1.807, 2.05) is 0 Å². The highest BCUT2D eigenvalue weighted by molar-refractivity contribution is 5.70. The maximum absolute atomic E-state index is 11.9. The van der Waals surface area contributed by atoms with Crippen LogP contribution in [-0.2, 0) is 9.47 Å². The van der Waals surface area contributed by atoms with Gasteiger partial charge in [-0.1, -0.05) is 12.8 Å². The lowest BCUT2D eigenvalue weighted by atomic mass is 10.1. The first-order chi connectivity index (χ1) is 12.0. The molecule has 3 heterocycles. The van der Waals surface area contributed by atoms with Crippen LogP contribution >= 0.6 is 0 Å². The lowest BCUT2D eigenvalue weighted by Crippen LogP contribution is -2.34. The molecule has 136 valence electrons. The first-order valence-electron chi connectivity index (χ1n) is 8.40. The van der Waals surface area contributed by atoms with Crippen molar-refractivity contribution in [1.82, 2.24) is 19.5 Å². The van der Waals surface area contributed by atoms with Crippen molar-refractivity contribution in [2.45, 2.75) is 56.3 Å². The summed E-state index contributed by atoms with van der Waals surface area (Å²) in [5.74, 6) is -0.0617. The fourth-order valence-corrected chi connectivity index (χ4v) is 3.51. The summed E-state index contributed by atoms with van der Waals surface area (Å²) in [5, 5.41) is 20.6. The smallest absolute Gasteiger partial charge is 0.280 e. The second-order valence-corrected chi connectivity index (χ2v) is 6.56. The number of aliphatic hydroxyl groups excluding tert-OH is 2. The van der Waals surface area contributed by atoms with Gasteiger partial charge in [-0.3, -0.25) is 14.3 Å². The molecule has 4 atom stereocenters. The molecular weight excluding hydrogens is 330 g/mol. The number of fused-ring (bicyclic) bond motifs is 1. The Morgan fingerprint density at radius 2 is 2.12 bits per heavy atom. The lowest BCUT2D eigenvalue weighted by molar-refractivity contribution is -0.0796. The molecule has 1 saturated carbocycles. The van der Waals surface area contributed by atoms with Crippen LogP contribution in [0, 0.1) is 0 Å². The highest BCUT2D eigenvalue weighted by Crippen LogP contribution is 2.32. The number of hydrogen-bond donors (Lipinski definition) is 4. The monoisotopic (exact) mass is 351 g/mol. The average molecular weight is 351 g/mol. The van der Waals surface area contributed by atoms with Crippen LogP contribution in [0.2, 0.25) is 0 Å². The molecule has 2 aliphatic rings. The Balaban J connectivity index is 1.55. The minimum absolute atomic E-state index is 0.0617. The van der Waals surface area contributed by atoms with E-state index in [4.69, 9.17) is 15.2 Å². The standard InChI is InChI=1S/C15H21N5O5/c16-15-18-12-9(13(23)19-15)17-6-20(12)14-11(22)10(21)8(25-14)5-24-7-3-1-2-4-7/h6-8,10-11,14,21-22H,1-5H2,(H3,16,18,19,23)/t8-,10-,11-,14-/m1/s1. The van der Waals surface area contributed by atoms with Crippen LogP contribution in [0.5, 0.6) is 0 Å². The molecule has 1 aliphatic heterocycles. The van der Waals surface area contributed by atoms with Gasteiger partial charge in [0.25, 0.3) is 5.56 Å². The van der Waals surface area contributed by atoms with E-state index in [2.05, 4.69) is 15.0 Å². The van der Waals surface area contributed by atoms with Gasteiger partial charge in [-0.05, 0) is 12.8 Å². The van der Waals surface area contributed by atoms with Crippen molar-refractivity contribution in [2.75, 3.05) is 12.3 Å². The Labute approximate surface area is 142 Å². The summed E-state index contributed by atoms with van der Waals surface area (Å²) < 4.78 is 13.0. The van der Waals surface area contributed by atoms with Gasteiger partial charge in [0.15, 0.2) is 17.4 Å². The quantitative estimate of drug-likeness (QED) is 0.564. The SMILES string of the molecule is Nc1nc2c(ncn2[C@@H]2O[C@H](COC3CCCC3)[C@@H](O)[C@H]2O)c(=O)[nH]1. The summed E-state index contributed by atoms with van der Waals surface area (Å²) in [6.07, 6.45) is 1.93. The molecule has 2 fully saturated rings. The van der Waals surface area contributed by atoms with Gasteiger partial charge in [-0.25, -0.2) is 4.98 Å². The van der Waals surface area contributed by atoms with Crippen LogP contribution in [0.4, 0.5) is 5.95 Å². The Bertz CT molecular complexity index is 814. The normalized spacial score (nSPS) is 30.5. The highest BCUT2D eigenvalue weighted by atomic mass is 16.6. The molecule has 1 aliphatic carbocycles. The molecule has 5 N–H and O–H groups in total. The van der Waals surface area contributed by atoms with Crippen LogP contribution in [0.1, 0.15) is 31.9 Å². The number of ether oxygens (including phenoxy) is 2. The molecule has 25 heavy (non-hydrogen) atoms. The number of nitrogens with one attached hydrogen (secondary N) is 1. The van der Waals surface area contributed by atoms with Crippen LogP contribution in [0.25, 0.3) is 11.2 Å². The molecule has 0 spiro atoms. The van der Waals surface area contributed by atoms with Crippen LogP contribution in [-0.4, -0.2) is 60.8 Å². The molecule has 1 saturated heterocycles. The van der Waals surface area contributed by atoms with Crippen molar-refractivity contribution in [3.05, 3.63) is 16.7 Å². The molecule has 0 bridgehead atoms. The van der Waals surface area contributed by atoms with Gasteiger partial charge in [0.2, 0.25) is 5.95 Å². The fraction of sp³-hybridized carbons (Fsp3) is 0.667. The fourth-order valence-electron chi connectivity index (χ4n) is 3.51. The largest absolute Gasteiger partial charge is 0.387 e. The van der Waals surface area contributed by atoms with E-state index in [1.54, 1.807) is 0 Å². The van der Waals surface area contributed by atoms with Gasteiger partial charge < -0.3 is 25.4 Å². The molecule has 0 aromatic carbocycles. The predicted molar refractivity (Wildman–Crippen MR) is 86.7 cm³/mol. The second-order valence-electron chi connectivity index (χ2n) is 6.56. The number of imidazole rings is 1. The van der Waals surface area contributed by atoms with Gasteiger partial charge in [-0.2, -0.15) is 4.98 Å². The molecule has 0 amide bonds. The van der Waals surface area contributed by atoms with Crippen molar-refractivity contribution in [1.29, 1.82) is 0 Å². The van der Waals surface area contributed by atoms with Gasteiger partial charge >= 0.3 is 0 Å². The Morgan fingerprint density at radius 1 is 1.36 bits per heavy atom. The number of hydrogen-bond acceptors (Lipinski definition) is 8. The third-order valence-corrected chi connectivity index (χ3v) is 4.86. The van der Waals surface area contributed by atoms with Gasteiger partial charge in [-0.15, -0.1) is 0 Å². The van der Waals surface area contributed by atoms with Crippen LogP contribution in [0.3, 0.4) is 0 Å². The number of nitrogens with zero attached hydrogens (tertiary/aromatic N) is 3. The Hall–Kier alpha value is -2.01. The second kappa shape index (κ2) is 6.37. The molecule has 10 heteroatoms. The average Bonchev–Trinajstić information content (AvgIpc) is 3.28. The summed E-state index contributed by atoms with van der Waals surface area (Å²) in [6, 6.07) is 0. The molecule has 10 nitrogen and oxygen atoms in total. The van der Waals surface area contributed by atoms with Gasteiger partial charge in [0.05, 0.1) is 19.0 Å². The summed E-state index contributed by atoms with van der Waals surface area (Å²) >= 11 is 0. The van der Waals surface area contributed by atoms with Crippen molar-refractivity contribution >= 4 is 17.1 Å². The summed E-state index contributed by atoms with van der Waals surface area (Å²) in [4.78, 5) is 22.3. The highest BCUT2D eigenvalue weighted by Gasteiger charge is 2.44. The third kappa shape index (κ3) is 2.91. The summed E-state index contributed by atoms with van der Waals surface area (Å²) in [6.45, 7) is 0.197. The number of aromatic nitrogens is 4. The minimum atomic E-state index is -1.20. The van der Waals surface area contributed by atoms with Crippen molar-refractivity contribution in [2.24, 2.45) is 0 Å². The van der Waals surface area contributed by atoms with Crippen molar-refractivity contribution in [3.63, 3.8) is 0 Å². The molecule has 0 unspecified atom stereocenters. The number of nitrogen functional groups attached to an aromatic ring is 1. The molecule has 2 aromatic heterocycles. The van der Waals surface area contributed by atoms with E-state index in [9.17, 15) is 15.0 Å². The summed E-state index contributed by atoms with van der Waals surface area (Å²) in [7, 11) is 0. The molecule has 4 rings (SSSR count). The first kappa shape index (κ1) is 16.5. The maximum Gasteiger partial charge on any atom is 0.280 e. The zero-order chi connectivity index (χ0) is 17.6. The zero-order valence-corrected chi connectivity index (χ0v) is 13.5. The van der Waals surface area contributed by atoms with Crippen LogP contribution < -0.4 is 11.3 Å². The van der Waals surface area contributed by atoms with E-state index in [-0.39, 0.29) is 29.8 Å². The number of H-pyrrole nitrogens is 1. The molecule has 2 aromatic rings. The summed E-state index contributed by atoms with van der Waals surface area (Å²) in [5.41, 5.74) is 5.38. The van der Waals surface area contributed by atoms with Crippen LogP contribution in [0.15, 0.2) is 11.1 Å². The Kier molecular flexibility index (Phi) is 4.20. The van der Waals surface area contributed by atoms with E-state index in [1.165, 1.54) is 10.9 Å². The van der Waals surface area contributed by atoms with Gasteiger partial charge in [0.1, 0.15) is 18.3 Å². The lowest BCUT2D eigenvalue weighted by Gasteiger charge is -2.18. The number of rotatable bonds is 4. The predicted octanol–water partition coefficient (Wildman–Crippen LogP) is -0.720.